The average molecular weight is 452 g/mol. The third-order valence-electron chi connectivity index (χ3n) is 5.52. The van der Waals surface area contributed by atoms with Gasteiger partial charge in [-0.3, -0.25) is 14.5 Å². The fraction of sp³-hybridized carbons (Fsp3) is 0.364. The van der Waals surface area contributed by atoms with Gasteiger partial charge in [-0.05, 0) is 48.4 Å². The van der Waals surface area contributed by atoms with Crippen molar-refractivity contribution in [3.05, 3.63) is 58.6 Å². The lowest BCUT2D eigenvalue weighted by molar-refractivity contribution is -0.116. The van der Waals surface area contributed by atoms with E-state index in [9.17, 15) is 9.59 Å². The zero-order valence-corrected chi connectivity index (χ0v) is 18.3. The minimum atomic E-state index is 0. The Bertz CT molecular complexity index is 899. The van der Waals surface area contributed by atoms with Gasteiger partial charge in [-0.15, -0.1) is 12.4 Å². The molecule has 0 aliphatic carbocycles. The van der Waals surface area contributed by atoms with Gasteiger partial charge in [-0.2, -0.15) is 0 Å². The number of amides is 1. The number of benzene rings is 2. The lowest BCUT2D eigenvalue weighted by Gasteiger charge is -2.36. The van der Waals surface area contributed by atoms with Crippen molar-refractivity contribution < 1.29 is 15.1 Å². The summed E-state index contributed by atoms with van der Waals surface area (Å²) in [6.45, 7) is 4.53. The average Bonchev–Trinajstić information content (AvgIpc) is 2.72. The predicted molar refractivity (Wildman–Crippen MR) is 123 cm³/mol. The maximum absolute atomic E-state index is 12.6. The van der Waals surface area contributed by atoms with Crippen LogP contribution in [0.4, 0.5) is 11.4 Å². The molecule has 2 aromatic carbocycles. The minimum absolute atomic E-state index is 0. The van der Waals surface area contributed by atoms with E-state index in [-0.39, 0.29) is 29.6 Å². The minimum Gasteiger partial charge on any atom is -0.412 e. The fourth-order valence-corrected chi connectivity index (χ4v) is 4.05. The highest BCUT2D eigenvalue weighted by atomic mass is 35.5. The Labute approximate surface area is 187 Å². The van der Waals surface area contributed by atoms with Crippen LogP contribution >= 0.6 is 24.0 Å². The van der Waals surface area contributed by atoms with E-state index in [1.165, 1.54) is 0 Å². The lowest BCUT2D eigenvalue weighted by Crippen LogP contribution is -2.46. The number of halogens is 2. The lowest BCUT2D eigenvalue weighted by atomic mass is 9.98. The number of nitrogens with one attached hydrogen (secondary N) is 1. The van der Waals surface area contributed by atoms with Gasteiger partial charge in [0, 0.05) is 67.5 Å². The molecule has 2 aromatic rings. The molecular formula is C22H27Cl2N3O3. The molecule has 0 unspecified atom stereocenters. The smallest absolute Gasteiger partial charge is 0.224 e. The third kappa shape index (κ3) is 5.73. The number of rotatable bonds is 5. The van der Waals surface area contributed by atoms with Crippen molar-refractivity contribution >= 4 is 47.1 Å². The van der Waals surface area contributed by atoms with Gasteiger partial charge in [0.1, 0.15) is 0 Å². The summed E-state index contributed by atoms with van der Waals surface area (Å²) in [6.07, 6.45) is 1.71. The molecule has 0 radical (unpaired) electrons. The van der Waals surface area contributed by atoms with Crippen molar-refractivity contribution in [3.63, 3.8) is 0 Å². The maximum Gasteiger partial charge on any atom is 0.224 e. The Balaban J connectivity index is 0.00000160. The molecule has 6 nitrogen and oxygen atoms in total. The standard InChI is InChI=1S/C22H24ClN3O2.ClH.H2O/c23-18-2-1-3-19(15-18)26-12-10-25(11-13-26)9-8-21(27)17-4-6-20-16(14-17)5-7-22(28)24-20;;/h1-4,6,14-15H,5,7-13H2,(H,24,28);1H;1H2. The van der Waals surface area contributed by atoms with Crippen molar-refractivity contribution in [1.82, 2.24) is 4.90 Å². The largest absolute Gasteiger partial charge is 0.412 e. The van der Waals surface area contributed by atoms with Gasteiger partial charge < -0.3 is 15.7 Å². The van der Waals surface area contributed by atoms with Gasteiger partial charge in [0.25, 0.3) is 0 Å². The number of Topliss-reactive ketones (excluding diaryl/α,β-unsaturated/α-hetero) is 1. The second-order valence-electron chi connectivity index (χ2n) is 7.40. The molecule has 1 amide bonds. The van der Waals surface area contributed by atoms with Crippen molar-refractivity contribution in [2.45, 2.75) is 19.3 Å². The summed E-state index contributed by atoms with van der Waals surface area (Å²) >= 11 is 6.09. The topological polar surface area (TPSA) is 84.1 Å². The highest BCUT2D eigenvalue weighted by molar-refractivity contribution is 6.30. The molecule has 2 aliphatic rings. The Morgan fingerprint density at radius 2 is 1.80 bits per heavy atom. The first kappa shape index (κ1) is 24.2. The van der Waals surface area contributed by atoms with Gasteiger partial charge in [0.05, 0.1) is 0 Å². The van der Waals surface area contributed by atoms with Gasteiger partial charge in [0.15, 0.2) is 5.78 Å². The Morgan fingerprint density at radius 1 is 1.03 bits per heavy atom. The maximum atomic E-state index is 12.6. The van der Waals surface area contributed by atoms with Crippen molar-refractivity contribution in [3.8, 4) is 0 Å². The van der Waals surface area contributed by atoms with E-state index in [4.69, 9.17) is 11.6 Å². The van der Waals surface area contributed by atoms with E-state index < -0.39 is 0 Å². The number of carbonyl (C=O) groups excluding carboxylic acids is 2. The van der Waals surface area contributed by atoms with E-state index >= 15 is 0 Å². The van der Waals surface area contributed by atoms with Gasteiger partial charge >= 0.3 is 0 Å². The first-order valence-electron chi connectivity index (χ1n) is 9.77. The molecular weight excluding hydrogens is 425 g/mol. The van der Waals surface area contributed by atoms with E-state index in [1.807, 2.05) is 36.4 Å². The molecule has 0 bridgehead atoms. The fourth-order valence-electron chi connectivity index (χ4n) is 3.86. The Morgan fingerprint density at radius 3 is 2.53 bits per heavy atom. The third-order valence-corrected chi connectivity index (χ3v) is 5.76. The second-order valence-corrected chi connectivity index (χ2v) is 7.84. The molecule has 1 fully saturated rings. The molecule has 3 N–H and O–H groups in total. The van der Waals surface area contributed by atoms with Crippen LogP contribution < -0.4 is 10.2 Å². The van der Waals surface area contributed by atoms with Crippen LogP contribution in [-0.2, 0) is 11.2 Å². The van der Waals surface area contributed by atoms with Gasteiger partial charge in [0.2, 0.25) is 5.91 Å². The van der Waals surface area contributed by atoms with E-state index in [2.05, 4.69) is 21.2 Å². The number of ketones is 1. The van der Waals surface area contributed by atoms with Crippen LogP contribution in [0.15, 0.2) is 42.5 Å². The van der Waals surface area contributed by atoms with Crippen LogP contribution in [0.5, 0.6) is 0 Å². The molecule has 0 spiro atoms. The molecule has 0 atom stereocenters. The Kier molecular flexibility index (Phi) is 8.67. The predicted octanol–water partition coefficient (Wildman–Crippen LogP) is 3.22. The number of hydrogen-bond donors (Lipinski definition) is 1. The zero-order valence-electron chi connectivity index (χ0n) is 16.7. The van der Waals surface area contributed by atoms with Crippen molar-refractivity contribution in [1.29, 1.82) is 0 Å². The SMILES string of the molecule is Cl.O.O=C1CCc2cc(C(=O)CCN3CCN(c4cccc(Cl)c4)CC3)ccc2N1. The highest BCUT2D eigenvalue weighted by Crippen LogP contribution is 2.24. The molecule has 162 valence electrons. The summed E-state index contributed by atoms with van der Waals surface area (Å²) < 4.78 is 0. The molecule has 1 saturated heterocycles. The highest BCUT2D eigenvalue weighted by Gasteiger charge is 2.20. The summed E-state index contributed by atoms with van der Waals surface area (Å²) in [6, 6.07) is 13.6. The molecule has 4 rings (SSSR count). The van der Waals surface area contributed by atoms with Gasteiger partial charge in [-0.25, -0.2) is 0 Å². The molecule has 0 aromatic heterocycles. The van der Waals surface area contributed by atoms with E-state index in [0.29, 0.717) is 19.3 Å². The van der Waals surface area contributed by atoms with Crippen LogP contribution in [0, 0.1) is 0 Å². The summed E-state index contributed by atoms with van der Waals surface area (Å²) in [4.78, 5) is 28.8. The Hall–Kier alpha value is -2.12. The van der Waals surface area contributed by atoms with Gasteiger partial charge in [-0.1, -0.05) is 17.7 Å². The van der Waals surface area contributed by atoms with Crippen LogP contribution in [0.2, 0.25) is 5.02 Å². The molecule has 2 aliphatic heterocycles. The number of nitrogens with zero attached hydrogens (tertiary/aromatic N) is 2. The normalized spacial score (nSPS) is 16.0. The van der Waals surface area contributed by atoms with Crippen LogP contribution in [0.3, 0.4) is 0 Å². The summed E-state index contributed by atoms with van der Waals surface area (Å²) in [5, 5.41) is 3.62. The number of anilines is 2. The van der Waals surface area contributed by atoms with Crippen LogP contribution in [-0.4, -0.2) is 54.8 Å². The number of piperazine rings is 1. The van der Waals surface area contributed by atoms with Crippen molar-refractivity contribution in [2.75, 3.05) is 42.9 Å². The van der Waals surface area contributed by atoms with Crippen molar-refractivity contribution in [2.24, 2.45) is 0 Å². The number of aryl methyl sites for hydroxylation is 1. The zero-order chi connectivity index (χ0) is 19.5. The second kappa shape index (κ2) is 10.8. The first-order chi connectivity index (χ1) is 13.6. The summed E-state index contributed by atoms with van der Waals surface area (Å²) in [5.41, 5.74) is 3.79. The number of fused-ring (bicyclic) bond motifs is 1. The van der Waals surface area contributed by atoms with Crippen LogP contribution in [0.1, 0.15) is 28.8 Å². The van der Waals surface area contributed by atoms with E-state index in [1.54, 1.807) is 0 Å². The molecule has 0 saturated carbocycles. The summed E-state index contributed by atoms with van der Waals surface area (Å²) in [5.74, 6) is 0.209. The molecule has 2 heterocycles. The van der Waals surface area contributed by atoms with E-state index in [0.717, 1.165) is 60.2 Å². The molecule has 8 heteroatoms. The molecule has 30 heavy (non-hydrogen) atoms. The number of hydrogen-bond acceptors (Lipinski definition) is 4. The first-order valence-corrected chi connectivity index (χ1v) is 10.2. The number of carbonyl (C=O) groups is 2. The van der Waals surface area contributed by atoms with Crippen LogP contribution in [0.25, 0.3) is 0 Å². The monoisotopic (exact) mass is 451 g/mol. The summed E-state index contributed by atoms with van der Waals surface area (Å²) in [7, 11) is 0. The quantitative estimate of drug-likeness (QED) is 0.707.